The van der Waals surface area contributed by atoms with E-state index in [0.717, 1.165) is 5.70 Å². The summed E-state index contributed by atoms with van der Waals surface area (Å²) in [5.74, 6) is 0.109. The van der Waals surface area contributed by atoms with Crippen LogP contribution < -0.4 is 5.73 Å². The van der Waals surface area contributed by atoms with Crippen LogP contribution in [0.15, 0.2) is 23.9 Å². The first-order chi connectivity index (χ1) is 4.52. The first kappa shape index (κ1) is 7.35. The van der Waals surface area contributed by atoms with E-state index in [1.807, 2.05) is 13.0 Å². The molecule has 0 saturated heterocycles. The molecule has 0 saturated carbocycles. The van der Waals surface area contributed by atoms with Crippen molar-refractivity contribution in [2.75, 3.05) is 0 Å². The van der Waals surface area contributed by atoms with Crippen LogP contribution in [-0.2, 0) is 0 Å². The van der Waals surface area contributed by atoms with Crippen LogP contribution in [0.2, 0.25) is 0 Å². The molecule has 3 N–H and O–H groups in total. The largest absolute Gasteiger partial charge is 0.399 e. The molecule has 0 aromatic heterocycles. The summed E-state index contributed by atoms with van der Waals surface area (Å²) in [7, 11) is 0. The third kappa shape index (κ3) is 1.21. The number of hydrogen-bond acceptors (Lipinski definition) is 2. The molecule has 2 heteroatoms. The van der Waals surface area contributed by atoms with Gasteiger partial charge < -0.3 is 10.8 Å². The maximum atomic E-state index is 9.57. The second-order valence-corrected chi connectivity index (χ2v) is 3.01. The van der Waals surface area contributed by atoms with Gasteiger partial charge >= 0.3 is 0 Å². The summed E-state index contributed by atoms with van der Waals surface area (Å²) < 4.78 is 0. The first-order valence-corrected chi connectivity index (χ1v) is 3.41. The standard InChI is InChI=1S/C8H13NO/c1-6-5-7(9)3-4-8(6,2)10/h3-6,10H,9H2,1-2H3. The summed E-state index contributed by atoms with van der Waals surface area (Å²) >= 11 is 0. The molecule has 0 radical (unpaired) electrons. The number of allylic oxidation sites excluding steroid dienone is 1. The first-order valence-electron chi connectivity index (χ1n) is 3.41. The highest BCUT2D eigenvalue weighted by Gasteiger charge is 2.25. The predicted molar refractivity (Wildman–Crippen MR) is 41.2 cm³/mol. The molecule has 2 unspecified atom stereocenters. The lowest BCUT2D eigenvalue weighted by molar-refractivity contribution is 0.0724. The third-order valence-corrected chi connectivity index (χ3v) is 1.98. The average Bonchev–Trinajstić information content (AvgIpc) is 1.81. The molecule has 0 aromatic rings. The van der Waals surface area contributed by atoms with Crippen LogP contribution in [0.4, 0.5) is 0 Å². The van der Waals surface area contributed by atoms with Gasteiger partial charge in [0.05, 0.1) is 5.60 Å². The SMILES string of the molecule is CC1C=C(N)C=CC1(C)O. The highest BCUT2D eigenvalue weighted by Crippen LogP contribution is 2.24. The second kappa shape index (κ2) is 2.13. The van der Waals surface area contributed by atoms with Crippen LogP contribution in [0, 0.1) is 5.92 Å². The predicted octanol–water partition coefficient (Wildman–Crippen LogP) is 0.786. The maximum absolute atomic E-state index is 9.57. The minimum absolute atomic E-state index is 0.109. The molecule has 0 aromatic carbocycles. The maximum Gasteiger partial charge on any atom is 0.0863 e. The van der Waals surface area contributed by atoms with E-state index in [2.05, 4.69) is 0 Å². The van der Waals surface area contributed by atoms with E-state index in [1.54, 1.807) is 19.1 Å². The third-order valence-electron chi connectivity index (χ3n) is 1.98. The monoisotopic (exact) mass is 139 g/mol. The molecule has 0 heterocycles. The van der Waals surface area contributed by atoms with Crippen molar-refractivity contribution in [2.45, 2.75) is 19.4 Å². The van der Waals surface area contributed by atoms with Gasteiger partial charge in [-0.25, -0.2) is 0 Å². The number of nitrogens with two attached hydrogens (primary N) is 1. The van der Waals surface area contributed by atoms with Crippen LogP contribution in [0.25, 0.3) is 0 Å². The van der Waals surface area contributed by atoms with Crippen LogP contribution in [-0.4, -0.2) is 10.7 Å². The fourth-order valence-corrected chi connectivity index (χ4v) is 0.930. The quantitative estimate of drug-likeness (QED) is 0.521. The molecule has 1 aliphatic rings. The Bertz CT molecular complexity index is 191. The van der Waals surface area contributed by atoms with E-state index in [1.165, 1.54) is 0 Å². The van der Waals surface area contributed by atoms with E-state index in [-0.39, 0.29) is 5.92 Å². The Morgan fingerprint density at radius 1 is 1.70 bits per heavy atom. The Kier molecular flexibility index (Phi) is 1.57. The van der Waals surface area contributed by atoms with Crippen molar-refractivity contribution < 1.29 is 5.11 Å². The fraction of sp³-hybridized carbons (Fsp3) is 0.500. The van der Waals surface area contributed by atoms with Crippen LogP contribution >= 0.6 is 0 Å². The summed E-state index contributed by atoms with van der Waals surface area (Å²) in [6.07, 6.45) is 5.33. The molecule has 0 spiro atoms. The molecule has 0 fully saturated rings. The van der Waals surface area contributed by atoms with Gasteiger partial charge in [-0.15, -0.1) is 0 Å². The number of aliphatic hydroxyl groups is 1. The van der Waals surface area contributed by atoms with Gasteiger partial charge in [0, 0.05) is 11.6 Å². The van der Waals surface area contributed by atoms with E-state index in [9.17, 15) is 5.11 Å². The molecule has 0 aliphatic heterocycles. The number of rotatable bonds is 0. The van der Waals surface area contributed by atoms with Crippen LogP contribution in [0.1, 0.15) is 13.8 Å². The van der Waals surface area contributed by atoms with Crippen molar-refractivity contribution in [2.24, 2.45) is 11.7 Å². The molecule has 0 bridgehead atoms. The summed E-state index contributed by atoms with van der Waals surface area (Å²) in [4.78, 5) is 0. The van der Waals surface area contributed by atoms with Crippen molar-refractivity contribution in [3.63, 3.8) is 0 Å². The normalized spacial score (nSPS) is 39.5. The summed E-state index contributed by atoms with van der Waals surface area (Å²) in [5, 5.41) is 9.57. The summed E-state index contributed by atoms with van der Waals surface area (Å²) in [6.45, 7) is 3.72. The van der Waals surface area contributed by atoms with Crippen molar-refractivity contribution in [1.82, 2.24) is 0 Å². The van der Waals surface area contributed by atoms with Gasteiger partial charge in [0.25, 0.3) is 0 Å². The van der Waals surface area contributed by atoms with Gasteiger partial charge in [-0.05, 0) is 13.0 Å². The zero-order valence-electron chi connectivity index (χ0n) is 6.33. The van der Waals surface area contributed by atoms with Gasteiger partial charge in [0.1, 0.15) is 0 Å². The lowest BCUT2D eigenvalue weighted by atomic mass is 9.86. The summed E-state index contributed by atoms with van der Waals surface area (Å²) in [6, 6.07) is 0. The van der Waals surface area contributed by atoms with Gasteiger partial charge in [-0.1, -0.05) is 19.1 Å². The van der Waals surface area contributed by atoms with E-state index < -0.39 is 5.60 Å². The van der Waals surface area contributed by atoms with Gasteiger partial charge in [0.2, 0.25) is 0 Å². The second-order valence-electron chi connectivity index (χ2n) is 3.01. The van der Waals surface area contributed by atoms with Crippen molar-refractivity contribution >= 4 is 0 Å². The molecule has 10 heavy (non-hydrogen) atoms. The van der Waals surface area contributed by atoms with Gasteiger partial charge in [-0.3, -0.25) is 0 Å². The Morgan fingerprint density at radius 2 is 2.30 bits per heavy atom. The molecular formula is C8H13NO. The molecule has 1 rings (SSSR count). The van der Waals surface area contributed by atoms with Gasteiger partial charge in [0.15, 0.2) is 0 Å². The Hall–Kier alpha value is -0.760. The van der Waals surface area contributed by atoms with E-state index >= 15 is 0 Å². The Balaban J connectivity index is 2.84. The molecule has 56 valence electrons. The zero-order valence-corrected chi connectivity index (χ0v) is 6.33. The Morgan fingerprint density at radius 3 is 2.70 bits per heavy atom. The van der Waals surface area contributed by atoms with Crippen LogP contribution in [0.3, 0.4) is 0 Å². The Labute approximate surface area is 61.0 Å². The fourth-order valence-electron chi connectivity index (χ4n) is 0.930. The van der Waals surface area contributed by atoms with Crippen LogP contribution in [0.5, 0.6) is 0 Å². The lowest BCUT2D eigenvalue weighted by Gasteiger charge is -2.27. The van der Waals surface area contributed by atoms with Crippen molar-refractivity contribution in [1.29, 1.82) is 0 Å². The molecule has 2 atom stereocenters. The minimum Gasteiger partial charge on any atom is -0.399 e. The topological polar surface area (TPSA) is 46.2 Å². The lowest BCUT2D eigenvalue weighted by Crippen LogP contribution is -2.31. The summed E-state index contributed by atoms with van der Waals surface area (Å²) in [5.41, 5.74) is 5.53. The highest BCUT2D eigenvalue weighted by molar-refractivity contribution is 5.26. The molecule has 2 nitrogen and oxygen atoms in total. The molecule has 0 amide bonds. The van der Waals surface area contributed by atoms with Crippen molar-refractivity contribution in [3.8, 4) is 0 Å². The highest BCUT2D eigenvalue weighted by atomic mass is 16.3. The molecule has 1 aliphatic carbocycles. The van der Waals surface area contributed by atoms with Gasteiger partial charge in [-0.2, -0.15) is 0 Å². The van der Waals surface area contributed by atoms with Crippen molar-refractivity contribution in [3.05, 3.63) is 23.9 Å². The molecular weight excluding hydrogens is 126 g/mol. The average molecular weight is 139 g/mol. The van der Waals surface area contributed by atoms with E-state index in [0.29, 0.717) is 0 Å². The smallest absolute Gasteiger partial charge is 0.0863 e. The zero-order chi connectivity index (χ0) is 7.78. The number of hydrogen-bond donors (Lipinski definition) is 2. The van der Waals surface area contributed by atoms with E-state index in [4.69, 9.17) is 5.73 Å². The minimum atomic E-state index is -0.719.